The van der Waals surface area contributed by atoms with Crippen molar-refractivity contribution in [1.82, 2.24) is 14.9 Å². The number of amides is 2. The predicted molar refractivity (Wildman–Crippen MR) is 115 cm³/mol. The van der Waals surface area contributed by atoms with E-state index in [0.717, 1.165) is 6.42 Å². The summed E-state index contributed by atoms with van der Waals surface area (Å²) < 4.78 is 5.36. The minimum atomic E-state index is -1.41. The predicted octanol–water partition coefficient (Wildman–Crippen LogP) is 0.634. The molecule has 2 atom stereocenters. The zero-order valence-corrected chi connectivity index (χ0v) is 17.5. The molecule has 3 rings (SSSR count). The third-order valence-electron chi connectivity index (χ3n) is 4.82. The minimum absolute atomic E-state index is 0.0894. The number of likely N-dealkylation sites (N-methyl/N-ethyl adjacent to an activating group) is 1. The van der Waals surface area contributed by atoms with Crippen LogP contribution in [0, 0.1) is 11.8 Å². The lowest BCUT2D eigenvalue weighted by Gasteiger charge is -2.15. The standard InChI is InChI=1S/C22H25N5O4/c1-3-27(2)22(30)18(28)8-7-14-5-4-6-15(11-14)21-25-17(20(23)29)12-19(26-21)24-16-9-10-31-13-16/h4-6,11-12,16,18,28H,3,9-10,13H2,1-2H3,(H2,23,29)(H,24,25,26). The molecule has 1 aromatic heterocycles. The van der Waals surface area contributed by atoms with Gasteiger partial charge >= 0.3 is 0 Å². The molecule has 2 heterocycles. The smallest absolute Gasteiger partial charge is 0.267 e. The van der Waals surface area contributed by atoms with Crippen molar-refractivity contribution in [2.45, 2.75) is 25.5 Å². The Bertz CT molecular complexity index is 1020. The lowest BCUT2D eigenvalue weighted by Crippen LogP contribution is -2.35. The number of rotatable bonds is 6. The van der Waals surface area contributed by atoms with Gasteiger partial charge in [-0.3, -0.25) is 9.59 Å². The second-order valence-electron chi connectivity index (χ2n) is 7.14. The normalized spacial score (nSPS) is 16.2. The molecule has 1 aliphatic rings. The molecule has 31 heavy (non-hydrogen) atoms. The Labute approximate surface area is 180 Å². The van der Waals surface area contributed by atoms with Crippen LogP contribution in [0.4, 0.5) is 5.82 Å². The maximum Gasteiger partial charge on any atom is 0.267 e. The number of nitrogens with zero attached hydrogens (tertiary/aromatic N) is 3. The van der Waals surface area contributed by atoms with Crippen LogP contribution >= 0.6 is 0 Å². The van der Waals surface area contributed by atoms with E-state index in [1.165, 1.54) is 11.0 Å². The molecule has 1 fully saturated rings. The fourth-order valence-corrected chi connectivity index (χ4v) is 2.95. The molecule has 9 heteroatoms. The topological polar surface area (TPSA) is 131 Å². The first kappa shape index (κ1) is 22.2. The second kappa shape index (κ2) is 10.0. The number of carbonyl (C=O) groups excluding carboxylic acids is 2. The number of aromatic nitrogens is 2. The quantitative estimate of drug-likeness (QED) is 0.581. The van der Waals surface area contributed by atoms with Crippen molar-refractivity contribution in [3.8, 4) is 23.2 Å². The molecule has 2 unspecified atom stereocenters. The van der Waals surface area contributed by atoms with Gasteiger partial charge in [0.2, 0.25) is 0 Å². The molecular formula is C22H25N5O4. The lowest BCUT2D eigenvalue weighted by atomic mass is 10.1. The van der Waals surface area contributed by atoms with Crippen molar-refractivity contribution < 1.29 is 19.4 Å². The Morgan fingerprint density at radius 3 is 2.87 bits per heavy atom. The summed E-state index contributed by atoms with van der Waals surface area (Å²) in [5, 5.41) is 13.2. The SMILES string of the molecule is CCN(C)C(=O)C(O)C#Cc1cccc(-c2nc(NC3CCOC3)cc(C(N)=O)n2)c1. The van der Waals surface area contributed by atoms with Crippen LogP contribution in [0.2, 0.25) is 0 Å². The van der Waals surface area contributed by atoms with Crippen LogP contribution in [-0.4, -0.2) is 70.7 Å². The number of benzene rings is 1. The largest absolute Gasteiger partial charge is 0.379 e. The Kier molecular flexibility index (Phi) is 7.18. The molecule has 162 valence electrons. The fourth-order valence-electron chi connectivity index (χ4n) is 2.95. The maximum absolute atomic E-state index is 12.0. The van der Waals surface area contributed by atoms with E-state index < -0.39 is 17.9 Å². The molecule has 1 aliphatic heterocycles. The van der Waals surface area contributed by atoms with Gasteiger partial charge < -0.3 is 25.8 Å². The summed E-state index contributed by atoms with van der Waals surface area (Å²) in [7, 11) is 1.60. The molecule has 1 saturated heterocycles. The van der Waals surface area contributed by atoms with Crippen LogP contribution in [-0.2, 0) is 9.53 Å². The van der Waals surface area contributed by atoms with E-state index in [1.54, 1.807) is 31.3 Å². The second-order valence-corrected chi connectivity index (χ2v) is 7.14. The van der Waals surface area contributed by atoms with E-state index in [9.17, 15) is 14.7 Å². The monoisotopic (exact) mass is 423 g/mol. The van der Waals surface area contributed by atoms with Gasteiger partial charge in [-0.05, 0) is 25.5 Å². The Morgan fingerprint density at radius 1 is 1.39 bits per heavy atom. The highest BCUT2D eigenvalue weighted by Crippen LogP contribution is 2.21. The number of anilines is 1. The van der Waals surface area contributed by atoms with E-state index in [4.69, 9.17) is 10.5 Å². The first-order valence-corrected chi connectivity index (χ1v) is 9.95. The lowest BCUT2D eigenvalue weighted by molar-refractivity contribution is -0.135. The molecule has 2 aromatic rings. The van der Waals surface area contributed by atoms with E-state index in [-0.39, 0.29) is 11.7 Å². The van der Waals surface area contributed by atoms with Gasteiger partial charge in [0, 0.05) is 37.4 Å². The zero-order chi connectivity index (χ0) is 22.4. The first-order chi connectivity index (χ1) is 14.9. The van der Waals surface area contributed by atoms with Gasteiger partial charge in [-0.1, -0.05) is 24.0 Å². The maximum atomic E-state index is 12.0. The van der Waals surface area contributed by atoms with E-state index >= 15 is 0 Å². The third-order valence-corrected chi connectivity index (χ3v) is 4.82. The Morgan fingerprint density at radius 2 is 2.19 bits per heavy atom. The van der Waals surface area contributed by atoms with Gasteiger partial charge in [0.05, 0.1) is 12.6 Å². The number of hydrogen-bond donors (Lipinski definition) is 3. The Balaban J connectivity index is 1.87. The molecular weight excluding hydrogens is 398 g/mol. The van der Waals surface area contributed by atoms with E-state index in [0.29, 0.717) is 42.5 Å². The van der Waals surface area contributed by atoms with Gasteiger partial charge in [0.25, 0.3) is 11.8 Å². The summed E-state index contributed by atoms with van der Waals surface area (Å²) in [6, 6.07) is 8.60. The Hall–Kier alpha value is -3.48. The highest BCUT2D eigenvalue weighted by Gasteiger charge is 2.18. The average Bonchev–Trinajstić information content (AvgIpc) is 3.29. The molecule has 4 N–H and O–H groups in total. The van der Waals surface area contributed by atoms with Gasteiger partial charge in [0.1, 0.15) is 11.5 Å². The van der Waals surface area contributed by atoms with Crippen molar-refractivity contribution >= 4 is 17.6 Å². The van der Waals surface area contributed by atoms with Gasteiger partial charge in [-0.2, -0.15) is 0 Å². The molecule has 9 nitrogen and oxygen atoms in total. The summed E-state index contributed by atoms with van der Waals surface area (Å²) in [5.74, 6) is 5.02. The number of nitrogens with one attached hydrogen (secondary N) is 1. The molecule has 0 spiro atoms. The van der Waals surface area contributed by atoms with Crippen LogP contribution in [0.5, 0.6) is 0 Å². The third kappa shape index (κ3) is 5.78. The minimum Gasteiger partial charge on any atom is -0.379 e. The number of primary amides is 1. The highest BCUT2D eigenvalue weighted by atomic mass is 16.5. The number of hydrogen-bond acceptors (Lipinski definition) is 7. The average molecular weight is 423 g/mol. The summed E-state index contributed by atoms with van der Waals surface area (Å²) in [5.41, 5.74) is 6.72. The van der Waals surface area contributed by atoms with Gasteiger partial charge in [-0.25, -0.2) is 9.97 Å². The van der Waals surface area contributed by atoms with Crippen molar-refractivity contribution in [3.05, 3.63) is 41.6 Å². The van der Waals surface area contributed by atoms with Crippen LogP contribution in [0.1, 0.15) is 29.4 Å². The van der Waals surface area contributed by atoms with Crippen molar-refractivity contribution in [3.63, 3.8) is 0 Å². The van der Waals surface area contributed by atoms with Crippen molar-refractivity contribution in [2.24, 2.45) is 5.73 Å². The van der Waals surface area contributed by atoms with Crippen LogP contribution in [0.25, 0.3) is 11.4 Å². The molecule has 0 bridgehead atoms. The van der Waals surface area contributed by atoms with Gasteiger partial charge in [0.15, 0.2) is 11.9 Å². The van der Waals surface area contributed by atoms with Crippen LogP contribution in [0.3, 0.4) is 0 Å². The first-order valence-electron chi connectivity index (χ1n) is 9.95. The molecule has 1 aromatic carbocycles. The summed E-state index contributed by atoms with van der Waals surface area (Å²) >= 11 is 0. The van der Waals surface area contributed by atoms with Gasteiger partial charge in [-0.15, -0.1) is 0 Å². The molecule has 0 radical (unpaired) electrons. The molecule has 0 saturated carbocycles. The summed E-state index contributed by atoms with van der Waals surface area (Å²) in [6.45, 7) is 3.51. The molecule has 0 aliphatic carbocycles. The molecule has 2 amide bonds. The highest BCUT2D eigenvalue weighted by molar-refractivity contribution is 5.92. The number of nitrogens with two attached hydrogens (primary N) is 1. The summed E-state index contributed by atoms with van der Waals surface area (Å²) in [6.07, 6.45) is -0.572. The van der Waals surface area contributed by atoms with E-state index in [1.807, 2.05) is 6.92 Å². The zero-order valence-electron chi connectivity index (χ0n) is 17.5. The summed E-state index contributed by atoms with van der Waals surface area (Å²) in [4.78, 5) is 33.9. The van der Waals surface area contributed by atoms with Crippen LogP contribution in [0.15, 0.2) is 30.3 Å². The van der Waals surface area contributed by atoms with Crippen molar-refractivity contribution in [1.29, 1.82) is 0 Å². The van der Waals surface area contributed by atoms with Crippen LogP contribution < -0.4 is 11.1 Å². The number of carbonyl (C=O) groups is 2. The number of ether oxygens (including phenoxy) is 1. The van der Waals surface area contributed by atoms with Crippen molar-refractivity contribution in [2.75, 3.05) is 32.1 Å². The number of aliphatic hydroxyl groups excluding tert-OH is 1. The fraction of sp³-hybridized carbons (Fsp3) is 0.364. The number of aliphatic hydroxyl groups is 1. The van der Waals surface area contributed by atoms with E-state index in [2.05, 4.69) is 27.1 Å².